The fourth-order valence-electron chi connectivity index (χ4n) is 0.990. The van der Waals surface area contributed by atoms with Crippen LogP contribution in [0.3, 0.4) is 0 Å². The maximum Gasteiger partial charge on any atom is 0.356 e. The second-order valence-electron chi connectivity index (χ2n) is 2.52. The lowest BCUT2D eigenvalue weighted by Gasteiger charge is -1.98. The van der Waals surface area contributed by atoms with E-state index in [0.29, 0.717) is 12.5 Å². The molecule has 0 atom stereocenters. The Hall–Kier alpha value is -2.18. The number of nitrogens with zero attached hydrogens (tertiary/aromatic N) is 3. The van der Waals surface area contributed by atoms with Crippen LogP contribution in [-0.4, -0.2) is 15.9 Å². The van der Waals surface area contributed by atoms with Gasteiger partial charge in [0.2, 0.25) is 0 Å². The van der Waals surface area contributed by atoms with E-state index < -0.39 is 4.92 Å². The lowest BCUT2D eigenvalue weighted by Crippen LogP contribution is -2.37. The number of rotatable bonds is 3. The molecule has 7 nitrogen and oxygen atoms in total. The first-order valence-corrected chi connectivity index (χ1v) is 3.60. The van der Waals surface area contributed by atoms with Crippen molar-refractivity contribution in [1.82, 2.24) is 4.68 Å². The van der Waals surface area contributed by atoms with Gasteiger partial charge in [0.1, 0.15) is 5.70 Å². The highest BCUT2D eigenvalue weighted by atomic mass is 16.6. The van der Waals surface area contributed by atoms with E-state index in [0.717, 1.165) is 10.9 Å². The molecule has 0 fully saturated rings. The van der Waals surface area contributed by atoms with E-state index in [1.807, 2.05) is 0 Å². The molecule has 14 heavy (non-hydrogen) atoms. The Bertz CT molecular complexity index is 407. The zero-order valence-corrected chi connectivity index (χ0v) is 7.28. The minimum atomic E-state index is -0.607. The molecule has 0 saturated carbocycles. The maximum atomic E-state index is 10.4. The Labute approximate surface area is 78.6 Å². The maximum absolute atomic E-state index is 10.4. The monoisotopic (exact) mass is 197 g/mol. The van der Waals surface area contributed by atoms with Gasteiger partial charge in [0.25, 0.3) is 6.20 Å². The molecular formula is C7H7N3O4. The van der Waals surface area contributed by atoms with Crippen molar-refractivity contribution in [2.75, 3.05) is 0 Å². The molecular weight excluding hydrogens is 190 g/mol. The molecule has 0 spiro atoms. The highest BCUT2D eigenvalue weighted by molar-refractivity contribution is 5.97. The van der Waals surface area contributed by atoms with Gasteiger partial charge < -0.3 is 5.11 Å². The van der Waals surface area contributed by atoms with Gasteiger partial charge in [-0.15, -0.1) is 15.6 Å². The number of carbonyl (C=O) groups is 1. The van der Waals surface area contributed by atoms with Crippen LogP contribution >= 0.6 is 0 Å². The molecule has 0 radical (unpaired) electrons. The summed E-state index contributed by atoms with van der Waals surface area (Å²) in [6.07, 6.45) is 2.96. The van der Waals surface area contributed by atoms with Crippen LogP contribution < -0.4 is 9.79 Å². The molecule has 1 aromatic rings. The van der Waals surface area contributed by atoms with Crippen molar-refractivity contribution in [2.45, 2.75) is 0 Å². The topological polar surface area (TPSA) is 92.1 Å². The van der Waals surface area contributed by atoms with Crippen molar-refractivity contribution in [3.8, 4) is 0 Å². The molecule has 1 rings (SSSR count). The first kappa shape index (κ1) is 9.90. The van der Waals surface area contributed by atoms with E-state index in [1.165, 1.54) is 17.9 Å². The molecule has 0 aromatic carbocycles. The molecule has 0 aliphatic carbocycles. The van der Waals surface area contributed by atoms with Crippen molar-refractivity contribution in [3.63, 3.8) is 0 Å². The smallest absolute Gasteiger partial charge is 0.356 e. The molecule has 0 unspecified atom stereocenters. The van der Waals surface area contributed by atoms with Crippen LogP contribution in [0.2, 0.25) is 0 Å². The fraction of sp³-hybridized carbons (Fsp3) is 0.143. The Morgan fingerprint density at radius 3 is 2.71 bits per heavy atom. The van der Waals surface area contributed by atoms with E-state index in [1.54, 1.807) is 0 Å². The van der Waals surface area contributed by atoms with Crippen molar-refractivity contribution in [2.24, 2.45) is 7.05 Å². The summed E-state index contributed by atoms with van der Waals surface area (Å²) < 4.78 is 2.37. The molecule has 1 aromatic heterocycles. The van der Waals surface area contributed by atoms with E-state index in [4.69, 9.17) is 0 Å². The Morgan fingerprint density at radius 2 is 2.36 bits per heavy atom. The third kappa shape index (κ3) is 1.60. The standard InChI is InChI=1S/C7H7N3O4/c1-8-2-6(10(13)14)3-9(8)7(4-11)5-12/h2-5H,1H3. The third-order valence-electron chi connectivity index (χ3n) is 1.63. The zero-order valence-electron chi connectivity index (χ0n) is 7.28. The molecule has 0 amide bonds. The zero-order chi connectivity index (χ0) is 10.7. The highest BCUT2D eigenvalue weighted by Gasteiger charge is 2.19. The number of aromatic nitrogens is 2. The number of nitro groups is 1. The van der Waals surface area contributed by atoms with Gasteiger partial charge in [-0.1, -0.05) is 0 Å². The Balaban J connectivity index is 3.22. The summed E-state index contributed by atoms with van der Waals surface area (Å²) in [6.45, 7) is 0. The summed E-state index contributed by atoms with van der Waals surface area (Å²) >= 11 is 0. The van der Waals surface area contributed by atoms with Crippen LogP contribution in [-0.2, 0) is 11.8 Å². The van der Waals surface area contributed by atoms with Crippen LogP contribution in [0.25, 0.3) is 5.70 Å². The van der Waals surface area contributed by atoms with Crippen LogP contribution in [0.1, 0.15) is 0 Å². The predicted octanol–water partition coefficient (Wildman–Crippen LogP) is -1.42. The lowest BCUT2D eigenvalue weighted by atomic mass is 10.5. The third-order valence-corrected chi connectivity index (χ3v) is 1.63. The number of aldehydes is 1. The van der Waals surface area contributed by atoms with E-state index >= 15 is 0 Å². The molecule has 0 saturated heterocycles. The van der Waals surface area contributed by atoms with Crippen molar-refractivity contribution in [3.05, 3.63) is 28.8 Å². The van der Waals surface area contributed by atoms with Crippen LogP contribution in [0.15, 0.2) is 18.7 Å². The van der Waals surface area contributed by atoms with E-state index in [9.17, 15) is 20.0 Å². The van der Waals surface area contributed by atoms with E-state index in [-0.39, 0.29) is 11.4 Å². The summed E-state index contributed by atoms with van der Waals surface area (Å²) in [5, 5.41) is 20.8. The number of hydrogen-bond acceptors (Lipinski definition) is 4. The van der Waals surface area contributed by atoms with Crippen molar-refractivity contribution < 1.29 is 19.5 Å². The molecule has 7 heteroatoms. The second-order valence-corrected chi connectivity index (χ2v) is 2.52. The number of aryl methyl sites for hydroxylation is 1. The predicted molar refractivity (Wildman–Crippen MR) is 42.6 cm³/mol. The first-order chi connectivity index (χ1) is 6.60. The second kappa shape index (κ2) is 3.69. The Kier molecular flexibility index (Phi) is 2.61. The summed E-state index contributed by atoms with van der Waals surface area (Å²) in [5.41, 5.74) is -0.380. The molecule has 1 heterocycles. The van der Waals surface area contributed by atoms with E-state index in [2.05, 4.69) is 0 Å². The van der Waals surface area contributed by atoms with Gasteiger partial charge in [-0.25, -0.2) is 0 Å². The number of allylic oxidation sites excluding steroid dienone is 1. The lowest BCUT2D eigenvalue weighted by molar-refractivity contribution is -0.743. The summed E-state index contributed by atoms with van der Waals surface area (Å²) in [5.74, 6) is 0. The van der Waals surface area contributed by atoms with Gasteiger partial charge >= 0.3 is 5.69 Å². The minimum absolute atomic E-state index is 0.186. The summed E-state index contributed by atoms with van der Waals surface area (Å²) in [4.78, 5) is 20.1. The van der Waals surface area contributed by atoms with Gasteiger partial charge in [0, 0.05) is 0 Å². The minimum Gasteiger partial charge on any atom is -0.876 e. The molecule has 74 valence electrons. The fourth-order valence-corrected chi connectivity index (χ4v) is 0.990. The highest BCUT2D eigenvalue weighted by Crippen LogP contribution is 2.08. The van der Waals surface area contributed by atoms with Gasteiger partial charge in [0.05, 0.1) is 4.92 Å². The Morgan fingerprint density at radius 1 is 1.71 bits per heavy atom. The summed E-state index contributed by atoms with van der Waals surface area (Å²) in [7, 11) is 1.49. The van der Waals surface area contributed by atoms with Gasteiger partial charge in [-0.3, -0.25) is 14.9 Å². The normalized spacial score (nSPS) is 11.4. The quantitative estimate of drug-likeness (QED) is 0.148. The molecule has 0 aliphatic heterocycles. The molecule has 0 bridgehead atoms. The van der Waals surface area contributed by atoms with Crippen molar-refractivity contribution >= 4 is 17.7 Å². The molecule has 0 N–H and O–H groups in total. The van der Waals surface area contributed by atoms with Gasteiger partial charge in [-0.2, -0.15) is 0 Å². The SMILES string of the molecule is C[n+]1cc([N+](=O)[O-])cn1/C(C=O)=C\[O-]. The molecule has 0 aliphatic rings. The first-order valence-electron chi connectivity index (χ1n) is 3.60. The van der Waals surface area contributed by atoms with Crippen molar-refractivity contribution in [1.29, 1.82) is 0 Å². The number of carbonyl (C=O) groups excluding carboxylic acids is 1. The van der Waals surface area contributed by atoms with Crippen LogP contribution in [0, 0.1) is 10.1 Å². The van der Waals surface area contributed by atoms with Crippen LogP contribution in [0.5, 0.6) is 0 Å². The largest absolute Gasteiger partial charge is 0.876 e. The average molecular weight is 197 g/mol. The van der Waals surface area contributed by atoms with Gasteiger partial charge in [0.15, 0.2) is 19.5 Å². The summed E-state index contributed by atoms with van der Waals surface area (Å²) in [6, 6.07) is 0. The van der Waals surface area contributed by atoms with Crippen LogP contribution in [0.4, 0.5) is 5.69 Å². The average Bonchev–Trinajstić information content (AvgIpc) is 2.51. The number of hydrogen-bond donors (Lipinski definition) is 0. The van der Waals surface area contributed by atoms with Gasteiger partial charge in [-0.05, 0) is 0 Å².